The van der Waals surface area contributed by atoms with Gasteiger partial charge < -0.3 is 9.88 Å². The number of hydrogen-bond acceptors (Lipinski definition) is 2. The quantitative estimate of drug-likeness (QED) is 0.802. The van der Waals surface area contributed by atoms with Crippen molar-refractivity contribution < 1.29 is 8.78 Å². The summed E-state index contributed by atoms with van der Waals surface area (Å²) in [7, 11) is 0. The number of para-hydroxylation sites is 2. The van der Waals surface area contributed by atoms with Crippen molar-refractivity contribution in [1.29, 1.82) is 0 Å². The first-order chi connectivity index (χ1) is 8.68. The number of aromatic nitrogens is 2. The van der Waals surface area contributed by atoms with Crippen molar-refractivity contribution in [3.63, 3.8) is 0 Å². The first-order valence-corrected chi connectivity index (χ1v) is 6.10. The third-order valence-corrected chi connectivity index (χ3v) is 2.95. The molecule has 18 heavy (non-hydrogen) atoms. The number of halogens is 2. The second-order valence-corrected chi connectivity index (χ2v) is 4.36. The highest BCUT2D eigenvalue weighted by molar-refractivity contribution is 5.74. The van der Waals surface area contributed by atoms with Crippen LogP contribution in [0.2, 0.25) is 0 Å². The number of alkyl halides is 2. The molecule has 0 saturated carbocycles. The highest BCUT2D eigenvalue weighted by Gasteiger charge is 2.12. The van der Waals surface area contributed by atoms with Gasteiger partial charge in [-0.3, -0.25) is 0 Å². The molecule has 1 atom stereocenters. The average Bonchev–Trinajstić information content (AvgIpc) is 2.77. The molecular weight excluding hydrogens is 236 g/mol. The van der Waals surface area contributed by atoms with Crippen LogP contribution in [0.1, 0.15) is 13.3 Å². The molecule has 0 aliphatic rings. The van der Waals surface area contributed by atoms with Crippen LogP contribution in [-0.2, 0) is 6.54 Å². The van der Waals surface area contributed by atoms with E-state index in [2.05, 4.69) is 10.3 Å². The van der Waals surface area contributed by atoms with Gasteiger partial charge in [0.05, 0.1) is 23.4 Å². The maximum absolute atomic E-state index is 12.3. The number of fused-ring (bicyclic) bond motifs is 1. The Hall–Kier alpha value is -1.49. The molecule has 5 heteroatoms. The van der Waals surface area contributed by atoms with Gasteiger partial charge in [-0.25, -0.2) is 13.8 Å². The molecule has 0 aliphatic carbocycles. The molecule has 0 spiro atoms. The molecule has 1 N–H and O–H groups in total. The highest BCUT2D eigenvalue weighted by atomic mass is 19.3. The van der Waals surface area contributed by atoms with E-state index in [9.17, 15) is 8.78 Å². The highest BCUT2D eigenvalue weighted by Crippen LogP contribution is 2.11. The van der Waals surface area contributed by atoms with Crippen LogP contribution in [0, 0.1) is 0 Å². The first-order valence-electron chi connectivity index (χ1n) is 6.10. The fourth-order valence-electron chi connectivity index (χ4n) is 1.86. The lowest BCUT2D eigenvalue weighted by Gasteiger charge is -2.12. The minimum atomic E-state index is -2.31. The molecule has 2 aromatic rings. The molecule has 1 heterocycles. The van der Waals surface area contributed by atoms with Crippen LogP contribution in [0.4, 0.5) is 8.78 Å². The number of nitrogens with one attached hydrogen (secondary N) is 1. The van der Waals surface area contributed by atoms with E-state index in [0.717, 1.165) is 24.0 Å². The van der Waals surface area contributed by atoms with E-state index >= 15 is 0 Å². The molecule has 0 fully saturated rings. The maximum Gasteiger partial charge on any atom is 0.253 e. The van der Waals surface area contributed by atoms with Gasteiger partial charge in [-0.05, 0) is 32.0 Å². The lowest BCUT2D eigenvalue weighted by molar-refractivity contribution is 0.106. The Kier molecular flexibility index (Phi) is 4.25. The summed E-state index contributed by atoms with van der Waals surface area (Å²) in [5, 5.41) is 2.81. The lowest BCUT2D eigenvalue weighted by atomic mass is 10.3. The Morgan fingerprint density at radius 3 is 2.89 bits per heavy atom. The summed E-state index contributed by atoms with van der Waals surface area (Å²) in [5.74, 6) is 0. The van der Waals surface area contributed by atoms with Gasteiger partial charge in [0.2, 0.25) is 0 Å². The van der Waals surface area contributed by atoms with Crippen molar-refractivity contribution in [2.24, 2.45) is 0 Å². The zero-order valence-corrected chi connectivity index (χ0v) is 10.3. The number of benzene rings is 1. The molecule has 98 valence electrons. The SMILES string of the molecule is CC(NCCCn1cnc2ccccc21)C(F)F. The van der Waals surface area contributed by atoms with E-state index in [1.807, 2.05) is 28.8 Å². The minimum Gasteiger partial charge on any atom is -0.331 e. The summed E-state index contributed by atoms with van der Waals surface area (Å²) in [4.78, 5) is 4.28. The van der Waals surface area contributed by atoms with Crippen molar-refractivity contribution >= 4 is 11.0 Å². The summed E-state index contributed by atoms with van der Waals surface area (Å²) >= 11 is 0. The third-order valence-electron chi connectivity index (χ3n) is 2.95. The predicted molar refractivity (Wildman–Crippen MR) is 67.8 cm³/mol. The third kappa shape index (κ3) is 3.04. The number of aryl methyl sites for hydroxylation is 1. The standard InChI is InChI=1S/C13H17F2N3/c1-10(13(14)15)16-7-4-8-18-9-17-11-5-2-3-6-12(11)18/h2-3,5-6,9-10,13,16H,4,7-8H2,1H3. The van der Waals surface area contributed by atoms with Crippen LogP contribution in [-0.4, -0.2) is 28.6 Å². The second kappa shape index (κ2) is 5.91. The Labute approximate surface area is 105 Å². The van der Waals surface area contributed by atoms with Gasteiger partial charge in [-0.2, -0.15) is 0 Å². The van der Waals surface area contributed by atoms with Gasteiger partial charge in [0.15, 0.2) is 0 Å². The summed E-state index contributed by atoms with van der Waals surface area (Å²) in [5.41, 5.74) is 2.05. The second-order valence-electron chi connectivity index (χ2n) is 4.36. The van der Waals surface area contributed by atoms with E-state index in [4.69, 9.17) is 0 Å². The smallest absolute Gasteiger partial charge is 0.253 e. The van der Waals surface area contributed by atoms with Crippen molar-refractivity contribution in [3.05, 3.63) is 30.6 Å². The Morgan fingerprint density at radius 1 is 1.33 bits per heavy atom. The molecule has 1 aromatic heterocycles. The molecule has 3 nitrogen and oxygen atoms in total. The minimum absolute atomic E-state index is 0.581. The largest absolute Gasteiger partial charge is 0.331 e. The van der Waals surface area contributed by atoms with Crippen molar-refractivity contribution in [2.45, 2.75) is 32.4 Å². The number of imidazole rings is 1. The van der Waals surface area contributed by atoms with E-state index in [-0.39, 0.29) is 0 Å². The van der Waals surface area contributed by atoms with E-state index in [1.165, 1.54) is 6.92 Å². The molecule has 0 amide bonds. The molecule has 2 rings (SSSR count). The monoisotopic (exact) mass is 253 g/mol. The zero-order chi connectivity index (χ0) is 13.0. The maximum atomic E-state index is 12.3. The van der Waals surface area contributed by atoms with Crippen molar-refractivity contribution in [1.82, 2.24) is 14.9 Å². The molecule has 1 aromatic carbocycles. The zero-order valence-electron chi connectivity index (χ0n) is 10.3. The Bertz CT molecular complexity index is 496. The summed E-state index contributed by atoms with van der Waals surface area (Å²) in [6, 6.07) is 7.15. The Balaban J connectivity index is 1.84. The number of hydrogen-bond donors (Lipinski definition) is 1. The van der Waals surface area contributed by atoms with Crippen molar-refractivity contribution in [2.75, 3.05) is 6.54 Å². The van der Waals surface area contributed by atoms with Crippen LogP contribution in [0.5, 0.6) is 0 Å². The molecule has 0 aliphatic heterocycles. The average molecular weight is 253 g/mol. The van der Waals surface area contributed by atoms with E-state index in [0.29, 0.717) is 6.54 Å². The summed E-state index contributed by atoms with van der Waals surface area (Å²) in [6.45, 7) is 2.86. The van der Waals surface area contributed by atoms with Crippen molar-refractivity contribution in [3.8, 4) is 0 Å². The van der Waals surface area contributed by atoms with Gasteiger partial charge in [-0.15, -0.1) is 0 Å². The van der Waals surface area contributed by atoms with E-state index < -0.39 is 12.5 Å². The molecule has 1 unspecified atom stereocenters. The van der Waals surface area contributed by atoms with E-state index in [1.54, 1.807) is 6.33 Å². The normalized spacial score (nSPS) is 13.3. The van der Waals surface area contributed by atoms with Crippen LogP contribution < -0.4 is 5.32 Å². The molecular formula is C13H17F2N3. The van der Waals surface area contributed by atoms with Crippen LogP contribution >= 0.6 is 0 Å². The summed E-state index contributed by atoms with van der Waals surface area (Å²) in [6.07, 6.45) is 0.289. The van der Waals surface area contributed by atoms with Crippen LogP contribution in [0.25, 0.3) is 11.0 Å². The number of rotatable bonds is 6. The Morgan fingerprint density at radius 2 is 2.11 bits per heavy atom. The van der Waals surface area contributed by atoms with Gasteiger partial charge in [0.1, 0.15) is 0 Å². The van der Waals surface area contributed by atoms with Gasteiger partial charge in [0, 0.05) is 6.54 Å². The predicted octanol–water partition coefficient (Wildman–Crippen LogP) is 2.67. The molecule has 0 radical (unpaired) electrons. The van der Waals surface area contributed by atoms with Crippen LogP contribution in [0.15, 0.2) is 30.6 Å². The molecule has 0 bridgehead atoms. The first kappa shape index (κ1) is 13.0. The fraction of sp³-hybridized carbons (Fsp3) is 0.462. The van der Waals surface area contributed by atoms with Gasteiger partial charge in [-0.1, -0.05) is 12.1 Å². The number of nitrogens with zero attached hydrogens (tertiary/aromatic N) is 2. The molecule has 0 saturated heterocycles. The fourth-order valence-corrected chi connectivity index (χ4v) is 1.86. The van der Waals surface area contributed by atoms with Gasteiger partial charge >= 0.3 is 0 Å². The van der Waals surface area contributed by atoms with Gasteiger partial charge in [0.25, 0.3) is 6.43 Å². The van der Waals surface area contributed by atoms with Crippen LogP contribution in [0.3, 0.4) is 0 Å². The lowest BCUT2D eigenvalue weighted by Crippen LogP contribution is -2.33. The summed E-state index contributed by atoms with van der Waals surface area (Å²) < 4.78 is 26.6. The topological polar surface area (TPSA) is 29.9 Å².